The zero-order chi connectivity index (χ0) is 12.0. The van der Waals surface area contributed by atoms with Crippen molar-refractivity contribution in [2.75, 3.05) is 13.1 Å². The molecule has 0 saturated heterocycles. The third-order valence-corrected chi connectivity index (χ3v) is 2.29. The summed E-state index contributed by atoms with van der Waals surface area (Å²) in [7, 11) is 0. The molecule has 0 aromatic heterocycles. The monoisotopic (exact) mass is 238 g/mol. The van der Waals surface area contributed by atoms with Gasteiger partial charge in [0, 0.05) is 19.0 Å². The van der Waals surface area contributed by atoms with E-state index in [1.54, 1.807) is 0 Å². The van der Waals surface area contributed by atoms with Crippen LogP contribution < -0.4 is 10.6 Å². The minimum atomic E-state index is -4.10. The summed E-state index contributed by atoms with van der Waals surface area (Å²) in [6.07, 6.45) is -1.85. The predicted molar refractivity (Wildman–Crippen MR) is 53.9 cm³/mol. The third kappa shape index (κ3) is 7.50. The van der Waals surface area contributed by atoms with Crippen LogP contribution in [0.3, 0.4) is 0 Å². The normalized spacial score (nSPS) is 16.2. The van der Waals surface area contributed by atoms with Gasteiger partial charge in [-0.15, -0.1) is 0 Å². The summed E-state index contributed by atoms with van der Waals surface area (Å²) in [6, 6.07) is 0.352. The average molecular weight is 238 g/mol. The van der Waals surface area contributed by atoms with E-state index in [0.717, 1.165) is 12.8 Å². The molecular weight excluding hydrogens is 221 g/mol. The van der Waals surface area contributed by atoms with Gasteiger partial charge in [-0.05, 0) is 25.8 Å². The molecule has 1 saturated carbocycles. The average Bonchev–Trinajstić information content (AvgIpc) is 2.93. The van der Waals surface area contributed by atoms with Crippen molar-refractivity contribution in [3.63, 3.8) is 0 Å². The fourth-order valence-electron chi connectivity index (χ4n) is 1.26. The number of rotatable bonds is 7. The van der Waals surface area contributed by atoms with Crippen LogP contribution in [0.15, 0.2) is 0 Å². The highest BCUT2D eigenvalue weighted by Crippen LogP contribution is 2.19. The molecule has 1 aliphatic carbocycles. The van der Waals surface area contributed by atoms with Crippen molar-refractivity contribution in [1.82, 2.24) is 10.6 Å². The molecule has 2 N–H and O–H groups in total. The Bertz CT molecular complexity index is 227. The van der Waals surface area contributed by atoms with Gasteiger partial charge in [-0.1, -0.05) is 0 Å². The topological polar surface area (TPSA) is 41.1 Å². The molecule has 1 rings (SSSR count). The Morgan fingerprint density at radius 2 is 1.94 bits per heavy atom. The van der Waals surface area contributed by atoms with Crippen LogP contribution in [-0.2, 0) is 4.79 Å². The number of halogens is 3. The van der Waals surface area contributed by atoms with E-state index in [-0.39, 0.29) is 12.5 Å². The SMILES string of the molecule is O=C(CCCNCCC(F)(F)F)NC1CC1. The lowest BCUT2D eigenvalue weighted by atomic mass is 10.3. The maximum Gasteiger partial charge on any atom is 0.390 e. The van der Waals surface area contributed by atoms with E-state index in [1.165, 1.54) is 0 Å². The minimum Gasteiger partial charge on any atom is -0.353 e. The second-order valence-corrected chi connectivity index (χ2v) is 4.06. The minimum absolute atomic E-state index is 0.000112. The van der Waals surface area contributed by atoms with Gasteiger partial charge in [0.15, 0.2) is 0 Å². The van der Waals surface area contributed by atoms with E-state index >= 15 is 0 Å². The molecule has 1 amide bonds. The van der Waals surface area contributed by atoms with Crippen LogP contribution in [0, 0.1) is 0 Å². The Hall–Kier alpha value is -0.780. The summed E-state index contributed by atoms with van der Waals surface area (Å²) in [4.78, 5) is 11.2. The third-order valence-electron chi connectivity index (χ3n) is 2.29. The first-order valence-electron chi connectivity index (χ1n) is 5.54. The zero-order valence-electron chi connectivity index (χ0n) is 9.07. The van der Waals surface area contributed by atoms with Crippen LogP contribution in [0.1, 0.15) is 32.1 Å². The summed E-state index contributed by atoms with van der Waals surface area (Å²) < 4.78 is 35.2. The van der Waals surface area contributed by atoms with E-state index in [0.29, 0.717) is 25.4 Å². The number of nitrogens with one attached hydrogen (secondary N) is 2. The molecule has 0 spiro atoms. The first-order chi connectivity index (χ1) is 7.47. The molecule has 0 radical (unpaired) electrons. The molecule has 0 heterocycles. The van der Waals surface area contributed by atoms with E-state index < -0.39 is 12.6 Å². The number of amides is 1. The highest BCUT2D eigenvalue weighted by atomic mass is 19.4. The first-order valence-corrected chi connectivity index (χ1v) is 5.54. The van der Waals surface area contributed by atoms with Crippen molar-refractivity contribution in [2.45, 2.75) is 44.3 Å². The van der Waals surface area contributed by atoms with Gasteiger partial charge in [0.25, 0.3) is 0 Å². The van der Waals surface area contributed by atoms with Gasteiger partial charge < -0.3 is 10.6 Å². The van der Waals surface area contributed by atoms with Crippen molar-refractivity contribution in [3.8, 4) is 0 Å². The Balaban J connectivity index is 1.85. The molecule has 0 aliphatic heterocycles. The fourth-order valence-corrected chi connectivity index (χ4v) is 1.26. The van der Waals surface area contributed by atoms with Crippen LogP contribution >= 0.6 is 0 Å². The number of carbonyl (C=O) groups excluding carboxylic acids is 1. The van der Waals surface area contributed by atoms with Gasteiger partial charge in [-0.2, -0.15) is 13.2 Å². The fraction of sp³-hybridized carbons (Fsp3) is 0.900. The molecule has 1 aliphatic rings. The number of hydrogen-bond acceptors (Lipinski definition) is 2. The predicted octanol–water partition coefficient (Wildman–Crippen LogP) is 1.59. The second-order valence-electron chi connectivity index (χ2n) is 4.06. The molecule has 0 aromatic rings. The summed E-state index contributed by atoms with van der Waals surface area (Å²) >= 11 is 0. The first kappa shape index (κ1) is 13.3. The molecule has 0 unspecified atom stereocenters. The molecule has 0 aromatic carbocycles. The van der Waals surface area contributed by atoms with Gasteiger partial charge in [0.2, 0.25) is 5.91 Å². The Morgan fingerprint density at radius 3 is 2.50 bits per heavy atom. The van der Waals surface area contributed by atoms with Crippen molar-refractivity contribution in [2.24, 2.45) is 0 Å². The standard InChI is InChI=1S/C10H17F3N2O/c11-10(12,13)5-7-14-6-1-2-9(16)15-8-3-4-8/h8,14H,1-7H2,(H,15,16). The lowest BCUT2D eigenvalue weighted by Crippen LogP contribution is -2.27. The Morgan fingerprint density at radius 1 is 1.25 bits per heavy atom. The quantitative estimate of drug-likeness (QED) is 0.661. The Kier molecular flexibility index (Phi) is 5.05. The van der Waals surface area contributed by atoms with Gasteiger partial charge >= 0.3 is 6.18 Å². The molecule has 16 heavy (non-hydrogen) atoms. The van der Waals surface area contributed by atoms with E-state index in [2.05, 4.69) is 10.6 Å². The highest BCUT2D eigenvalue weighted by Gasteiger charge is 2.26. The van der Waals surface area contributed by atoms with Gasteiger partial charge in [0.05, 0.1) is 6.42 Å². The van der Waals surface area contributed by atoms with E-state index in [1.807, 2.05) is 0 Å². The Labute approximate surface area is 92.8 Å². The number of hydrogen-bond donors (Lipinski definition) is 2. The summed E-state index contributed by atoms with van der Waals surface area (Å²) in [5.74, 6) is 0.000112. The molecule has 1 fully saturated rings. The van der Waals surface area contributed by atoms with Crippen LogP contribution in [0.4, 0.5) is 13.2 Å². The van der Waals surface area contributed by atoms with Crippen molar-refractivity contribution >= 4 is 5.91 Å². The maximum atomic E-state index is 11.7. The van der Waals surface area contributed by atoms with Crippen LogP contribution in [-0.4, -0.2) is 31.2 Å². The van der Waals surface area contributed by atoms with Crippen molar-refractivity contribution in [1.29, 1.82) is 0 Å². The zero-order valence-corrected chi connectivity index (χ0v) is 9.07. The van der Waals surface area contributed by atoms with E-state index in [4.69, 9.17) is 0 Å². The largest absolute Gasteiger partial charge is 0.390 e. The molecular formula is C10H17F3N2O. The summed E-state index contributed by atoms with van der Waals surface area (Å²) in [6.45, 7) is 0.377. The van der Waals surface area contributed by atoms with Crippen molar-refractivity contribution in [3.05, 3.63) is 0 Å². The summed E-state index contributed by atoms with van der Waals surface area (Å²) in [5.41, 5.74) is 0. The van der Waals surface area contributed by atoms with Gasteiger partial charge in [-0.25, -0.2) is 0 Å². The van der Waals surface area contributed by atoms with Crippen LogP contribution in [0.25, 0.3) is 0 Å². The second kappa shape index (κ2) is 6.08. The summed E-state index contributed by atoms with van der Waals surface area (Å²) in [5, 5.41) is 5.49. The van der Waals surface area contributed by atoms with Gasteiger partial charge in [0.1, 0.15) is 0 Å². The molecule has 0 atom stereocenters. The molecule has 3 nitrogen and oxygen atoms in total. The smallest absolute Gasteiger partial charge is 0.353 e. The van der Waals surface area contributed by atoms with Crippen LogP contribution in [0.5, 0.6) is 0 Å². The van der Waals surface area contributed by atoms with E-state index in [9.17, 15) is 18.0 Å². The lowest BCUT2D eigenvalue weighted by molar-refractivity contribution is -0.133. The molecule has 0 bridgehead atoms. The molecule has 94 valence electrons. The van der Waals surface area contributed by atoms with Gasteiger partial charge in [-0.3, -0.25) is 4.79 Å². The number of carbonyl (C=O) groups is 1. The maximum absolute atomic E-state index is 11.7. The van der Waals surface area contributed by atoms with Crippen molar-refractivity contribution < 1.29 is 18.0 Å². The number of alkyl halides is 3. The molecule has 6 heteroatoms. The lowest BCUT2D eigenvalue weighted by Gasteiger charge is -2.07. The van der Waals surface area contributed by atoms with Crippen LogP contribution in [0.2, 0.25) is 0 Å². The highest BCUT2D eigenvalue weighted by molar-refractivity contribution is 5.76.